The van der Waals surface area contributed by atoms with Gasteiger partial charge in [-0.2, -0.15) is 0 Å². The zero-order chi connectivity index (χ0) is 22.6. The molecule has 1 aliphatic rings. The third kappa shape index (κ3) is 6.76. The molecule has 0 saturated carbocycles. The second kappa shape index (κ2) is 13.2. The predicted octanol–water partition coefficient (Wildman–Crippen LogP) is 5.99. The maximum atomic E-state index is 13.0. The number of unbranched alkanes of at least 4 members (excludes halogenated alkanes) is 3. The van der Waals surface area contributed by atoms with Gasteiger partial charge in [0.05, 0.1) is 5.54 Å². The van der Waals surface area contributed by atoms with Crippen LogP contribution in [0, 0.1) is 0 Å². The average Bonchev–Trinajstić information content (AvgIpc) is 2.73. The minimum Gasteiger partial charge on any atom is -0.315 e. The Morgan fingerprint density at radius 1 is 1.07 bits per heavy atom. The third-order valence-corrected chi connectivity index (χ3v) is 5.22. The van der Waals surface area contributed by atoms with Gasteiger partial charge < -0.3 is 14.4 Å². The zero-order valence-corrected chi connectivity index (χ0v) is 20.0. The van der Waals surface area contributed by atoms with Crippen molar-refractivity contribution in [1.29, 1.82) is 0 Å². The van der Waals surface area contributed by atoms with Crippen LogP contribution in [0.15, 0.2) is 35.4 Å². The molecule has 0 spiro atoms. The van der Waals surface area contributed by atoms with Crippen molar-refractivity contribution in [2.45, 2.75) is 92.7 Å². The van der Waals surface area contributed by atoms with E-state index in [0.29, 0.717) is 12.1 Å². The molecule has 0 bridgehead atoms. The number of aromatic nitrogens is 1. The number of nitrogens with zero attached hydrogens (tertiary/aromatic N) is 3. The Morgan fingerprint density at radius 3 is 2.28 bits per heavy atom. The fourth-order valence-corrected chi connectivity index (χ4v) is 3.37. The lowest BCUT2D eigenvalue weighted by atomic mass is 9.92. The molecule has 0 radical (unpaired) electrons. The van der Waals surface area contributed by atoms with Gasteiger partial charge in [0, 0.05) is 44.0 Å². The van der Waals surface area contributed by atoms with E-state index in [1.807, 2.05) is 59.9 Å². The van der Waals surface area contributed by atoms with Crippen LogP contribution >= 0.6 is 0 Å². The highest BCUT2D eigenvalue weighted by Gasteiger charge is 2.39. The lowest BCUT2D eigenvalue weighted by molar-refractivity contribution is 0.0974. The van der Waals surface area contributed by atoms with Crippen LogP contribution in [0.1, 0.15) is 86.1 Å². The molecule has 1 aliphatic heterocycles. The Bertz CT molecular complexity index is 692. The van der Waals surface area contributed by atoms with E-state index < -0.39 is 5.54 Å². The number of rotatable bonds is 7. The molecular formula is C24H43N3O2. The second-order valence-electron chi connectivity index (χ2n) is 7.35. The summed E-state index contributed by atoms with van der Waals surface area (Å²) in [6.45, 7) is 19.3. The first-order valence-electron chi connectivity index (χ1n) is 11.2. The van der Waals surface area contributed by atoms with Crippen molar-refractivity contribution in [2.24, 2.45) is 0 Å². The van der Waals surface area contributed by atoms with E-state index in [1.54, 1.807) is 21.4 Å². The summed E-state index contributed by atoms with van der Waals surface area (Å²) in [5.41, 5.74) is 0.831. The molecule has 2 heterocycles. The fraction of sp³-hybridized carbons (Fsp3) is 0.667. The van der Waals surface area contributed by atoms with Gasteiger partial charge >= 0.3 is 6.03 Å². The molecule has 1 aromatic heterocycles. The minimum absolute atomic E-state index is 0.00357. The summed E-state index contributed by atoms with van der Waals surface area (Å²) in [6, 6.07) is 3.66. The van der Waals surface area contributed by atoms with Crippen molar-refractivity contribution >= 4 is 6.03 Å². The molecule has 166 valence electrons. The van der Waals surface area contributed by atoms with E-state index in [9.17, 15) is 9.59 Å². The maximum Gasteiger partial charge on any atom is 0.324 e. The van der Waals surface area contributed by atoms with Gasteiger partial charge in [0.2, 0.25) is 0 Å². The first-order chi connectivity index (χ1) is 13.8. The summed E-state index contributed by atoms with van der Waals surface area (Å²) < 4.78 is 1.78. The van der Waals surface area contributed by atoms with E-state index in [1.165, 1.54) is 12.8 Å². The smallest absolute Gasteiger partial charge is 0.315 e. The second-order valence-corrected chi connectivity index (χ2v) is 7.35. The van der Waals surface area contributed by atoms with Crippen LogP contribution < -0.4 is 5.56 Å². The average molecular weight is 406 g/mol. The molecule has 2 rings (SSSR count). The topological polar surface area (TPSA) is 45.6 Å². The summed E-state index contributed by atoms with van der Waals surface area (Å²) >= 11 is 0. The summed E-state index contributed by atoms with van der Waals surface area (Å²) in [7, 11) is 1.74. The molecule has 1 fully saturated rings. The highest BCUT2D eigenvalue weighted by Crippen LogP contribution is 2.30. The summed E-state index contributed by atoms with van der Waals surface area (Å²) in [6.07, 6.45) is 7.08. The van der Waals surface area contributed by atoms with Gasteiger partial charge in [0.25, 0.3) is 5.56 Å². The lowest BCUT2D eigenvalue weighted by Crippen LogP contribution is -2.55. The maximum absolute atomic E-state index is 13.0. The quantitative estimate of drug-likeness (QED) is 0.523. The molecular weight excluding hydrogens is 362 g/mol. The molecule has 0 atom stereocenters. The normalized spacial score (nSPS) is 14.1. The Hall–Kier alpha value is -2.04. The van der Waals surface area contributed by atoms with Crippen LogP contribution in [0.3, 0.4) is 0 Å². The van der Waals surface area contributed by atoms with E-state index in [-0.39, 0.29) is 11.6 Å². The Labute approximate surface area is 178 Å². The summed E-state index contributed by atoms with van der Waals surface area (Å²) in [4.78, 5) is 29.0. The Morgan fingerprint density at radius 2 is 1.69 bits per heavy atom. The van der Waals surface area contributed by atoms with Crippen molar-refractivity contribution in [3.05, 3.63) is 46.5 Å². The van der Waals surface area contributed by atoms with Crippen molar-refractivity contribution in [1.82, 2.24) is 14.4 Å². The van der Waals surface area contributed by atoms with E-state index >= 15 is 0 Å². The van der Waals surface area contributed by atoms with Crippen molar-refractivity contribution in [3.63, 3.8) is 0 Å². The number of urea groups is 1. The lowest BCUT2D eigenvalue weighted by Gasteiger charge is -2.44. The molecule has 2 amide bonds. The molecule has 5 heteroatoms. The van der Waals surface area contributed by atoms with Crippen LogP contribution in [0.25, 0.3) is 0 Å². The first-order valence-corrected chi connectivity index (χ1v) is 11.2. The highest BCUT2D eigenvalue weighted by molar-refractivity contribution is 5.78. The van der Waals surface area contributed by atoms with Crippen LogP contribution in [0.4, 0.5) is 4.79 Å². The van der Waals surface area contributed by atoms with Gasteiger partial charge in [-0.05, 0) is 32.4 Å². The van der Waals surface area contributed by atoms with Gasteiger partial charge in [-0.3, -0.25) is 4.79 Å². The largest absolute Gasteiger partial charge is 0.324 e. The van der Waals surface area contributed by atoms with Crippen molar-refractivity contribution < 1.29 is 4.79 Å². The number of amides is 2. The number of pyridine rings is 1. The molecule has 5 nitrogen and oxygen atoms in total. The standard InChI is InChI=1S/C20H31N3O2.2C2H6/c1-6-7-8-9-13-22-14-10-11-17(18(22)24)20(3,4)23-15-12-16(2)21(5)19(23)25;2*1-2/h10-11,14H,2,6-9,12-13,15H2,1,3-5H3;2*1-2H3. The highest BCUT2D eigenvalue weighted by atomic mass is 16.2. The fourth-order valence-electron chi connectivity index (χ4n) is 3.37. The summed E-state index contributed by atoms with van der Waals surface area (Å²) in [5, 5.41) is 0. The van der Waals surface area contributed by atoms with Gasteiger partial charge in [-0.1, -0.05) is 60.5 Å². The van der Waals surface area contributed by atoms with Crippen molar-refractivity contribution in [3.8, 4) is 0 Å². The van der Waals surface area contributed by atoms with Crippen LogP contribution in [-0.4, -0.2) is 34.0 Å². The van der Waals surface area contributed by atoms with Gasteiger partial charge in [0.15, 0.2) is 0 Å². The molecule has 0 aromatic carbocycles. The van der Waals surface area contributed by atoms with Gasteiger partial charge in [0.1, 0.15) is 0 Å². The Balaban J connectivity index is 0.00000184. The van der Waals surface area contributed by atoms with Crippen LogP contribution in [-0.2, 0) is 12.1 Å². The predicted molar refractivity (Wildman–Crippen MR) is 124 cm³/mol. The molecule has 1 saturated heterocycles. The van der Waals surface area contributed by atoms with E-state index in [0.717, 1.165) is 31.5 Å². The number of aryl methyl sites for hydroxylation is 1. The zero-order valence-electron chi connectivity index (χ0n) is 20.0. The van der Waals surface area contributed by atoms with Crippen LogP contribution in [0.5, 0.6) is 0 Å². The minimum atomic E-state index is -0.657. The molecule has 0 N–H and O–H groups in total. The van der Waals surface area contributed by atoms with Gasteiger partial charge in [-0.15, -0.1) is 0 Å². The molecule has 29 heavy (non-hydrogen) atoms. The van der Waals surface area contributed by atoms with E-state index in [2.05, 4.69) is 13.5 Å². The van der Waals surface area contributed by atoms with Crippen LogP contribution in [0.2, 0.25) is 0 Å². The number of carbonyl (C=O) groups is 1. The number of carbonyl (C=O) groups excluding carboxylic acids is 1. The molecule has 0 unspecified atom stereocenters. The van der Waals surface area contributed by atoms with Crippen molar-refractivity contribution in [2.75, 3.05) is 13.6 Å². The Kier molecular flexibility index (Phi) is 12.3. The monoisotopic (exact) mass is 405 g/mol. The third-order valence-electron chi connectivity index (χ3n) is 5.22. The molecule has 1 aromatic rings. The first kappa shape index (κ1) is 27.0. The molecule has 0 aliphatic carbocycles. The number of hydrogen-bond donors (Lipinski definition) is 0. The SMILES string of the molecule is C=C1CCN(C(C)(C)c2cccn(CCCCCC)c2=O)C(=O)N1C.CC.CC. The summed E-state index contributed by atoms with van der Waals surface area (Å²) in [5.74, 6) is 0. The number of hydrogen-bond acceptors (Lipinski definition) is 2. The van der Waals surface area contributed by atoms with E-state index in [4.69, 9.17) is 0 Å². The van der Waals surface area contributed by atoms with Gasteiger partial charge in [-0.25, -0.2) is 4.79 Å².